The Morgan fingerprint density at radius 1 is 1.26 bits per heavy atom. The molecule has 2 unspecified atom stereocenters. The molecule has 2 atom stereocenters. The number of rotatable bonds is 3. The van der Waals surface area contributed by atoms with E-state index in [0.29, 0.717) is 40.3 Å². The van der Waals surface area contributed by atoms with Gasteiger partial charge in [-0.3, -0.25) is 4.79 Å². The third kappa shape index (κ3) is 8.30. The molecule has 1 aliphatic heterocycles. The van der Waals surface area contributed by atoms with Gasteiger partial charge in [-0.15, -0.1) is 0 Å². The topological polar surface area (TPSA) is 44.1 Å². The van der Waals surface area contributed by atoms with E-state index in [-0.39, 0.29) is 0 Å². The Balaban J connectivity index is 0.000000233. The second-order valence-corrected chi connectivity index (χ2v) is 8.19. The third-order valence-electron chi connectivity index (χ3n) is 5.48. The van der Waals surface area contributed by atoms with E-state index in [0.717, 1.165) is 24.6 Å². The van der Waals surface area contributed by atoms with E-state index >= 15 is 0 Å². The lowest BCUT2D eigenvalue weighted by Crippen LogP contribution is -2.20. The highest BCUT2D eigenvalue weighted by molar-refractivity contribution is 6.31. The Morgan fingerprint density at radius 3 is 2.39 bits per heavy atom. The van der Waals surface area contributed by atoms with Gasteiger partial charge in [0, 0.05) is 20.0 Å². The normalized spacial score (nSPS) is 15.9. The smallest absolute Gasteiger partial charge is 0.222 e. The van der Waals surface area contributed by atoms with Gasteiger partial charge in [-0.2, -0.15) is 5.26 Å². The van der Waals surface area contributed by atoms with Gasteiger partial charge in [0.1, 0.15) is 6.07 Å². The number of halogens is 3. The lowest BCUT2D eigenvalue weighted by molar-refractivity contribution is -0.126. The van der Waals surface area contributed by atoms with Crippen molar-refractivity contribution in [2.24, 2.45) is 11.8 Å². The Kier molecular flexibility index (Phi) is 11.2. The fourth-order valence-electron chi connectivity index (χ4n) is 3.15. The van der Waals surface area contributed by atoms with Crippen molar-refractivity contribution in [1.82, 2.24) is 4.90 Å². The highest BCUT2D eigenvalue weighted by Gasteiger charge is 2.29. The number of nitriles is 1. The standard InChI is InChI=1S/C9H17NO.C8H6ClN.C8H8F2/c1-4-7(2)8-5-9(11)10(3)6-8;1-6-2-3-7(5-10)8(9)4-6;1-2-6-4-3-5-7(9)8(6)10/h7-8H,4-6H2,1-3H3;2-4H,1H3;3-5H,2H2,1H3. The van der Waals surface area contributed by atoms with Crippen LogP contribution in [0.3, 0.4) is 0 Å². The summed E-state index contributed by atoms with van der Waals surface area (Å²) in [5, 5.41) is 9.00. The fraction of sp³-hybridized carbons (Fsp3) is 0.440. The Morgan fingerprint density at radius 2 is 1.94 bits per heavy atom. The minimum atomic E-state index is -0.764. The first-order chi connectivity index (χ1) is 14.6. The Hall–Kier alpha value is -2.45. The highest BCUT2D eigenvalue weighted by Crippen LogP contribution is 2.25. The molecule has 0 saturated carbocycles. The van der Waals surface area contributed by atoms with Crippen LogP contribution >= 0.6 is 11.6 Å². The van der Waals surface area contributed by atoms with Crippen LogP contribution in [0.4, 0.5) is 8.78 Å². The van der Waals surface area contributed by atoms with E-state index < -0.39 is 11.6 Å². The van der Waals surface area contributed by atoms with E-state index in [1.165, 1.54) is 12.5 Å². The predicted octanol–water partition coefficient (Wildman–Crippen LogP) is 6.56. The first kappa shape index (κ1) is 26.6. The van der Waals surface area contributed by atoms with Crippen LogP contribution in [-0.2, 0) is 11.2 Å². The Bertz CT molecular complexity index is 911. The molecule has 1 aliphatic rings. The molecule has 31 heavy (non-hydrogen) atoms. The van der Waals surface area contributed by atoms with Gasteiger partial charge in [0.05, 0.1) is 10.6 Å². The van der Waals surface area contributed by atoms with Crippen LogP contribution in [-0.4, -0.2) is 24.4 Å². The summed E-state index contributed by atoms with van der Waals surface area (Å²) in [6.07, 6.45) is 2.49. The van der Waals surface area contributed by atoms with E-state index in [4.69, 9.17) is 16.9 Å². The SMILES string of the molecule is CCC(C)C1CC(=O)N(C)C1.CCc1cccc(F)c1F.Cc1ccc(C#N)c(Cl)c1. The molecule has 1 saturated heterocycles. The zero-order chi connectivity index (χ0) is 23.6. The molecule has 0 radical (unpaired) electrons. The summed E-state index contributed by atoms with van der Waals surface area (Å²) in [5.41, 5.74) is 2.04. The van der Waals surface area contributed by atoms with Crippen LogP contribution in [0.15, 0.2) is 36.4 Å². The summed E-state index contributed by atoms with van der Waals surface area (Å²) >= 11 is 5.71. The molecule has 2 aromatic rings. The molecule has 6 heteroatoms. The fourth-order valence-corrected chi connectivity index (χ4v) is 3.42. The first-order valence-corrected chi connectivity index (χ1v) is 10.8. The summed E-state index contributed by atoms with van der Waals surface area (Å²) < 4.78 is 25.0. The van der Waals surface area contributed by atoms with Gasteiger partial charge < -0.3 is 4.90 Å². The molecule has 0 aromatic heterocycles. The third-order valence-corrected chi connectivity index (χ3v) is 5.79. The number of aryl methyl sites for hydroxylation is 2. The van der Waals surface area contributed by atoms with Crippen LogP contribution < -0.4 is 0 Å². The maximum Gasteiger partial charge on any atom is 0.222 e. The quantitative estimate of drug-likeness (QED) is 0.533. The van der Waals surface area contributed by atoms with Gasteiger partial charge in [0.15, 0.2) is 11.6 Å². The van der Waals surface area contributed by atoms with Crippen LogP contribution in [0.25, 0.3) is 0 Å². The number of nitrogens with zero attached hydrogens (tertiary/aromatic N) is 2. The highest BCUT2D eigenvalue weighted by atomic mass is 35.5. The van der Waals surface area contributed by atoms with Crippen molar-refractivity contribution in [2.75, 3.05) is 13.6 Å². The Labute approximate surface area is 189 Å². The van der Waals surface area contributed by atoms with E-state index in [9.17, 15) is 13.6 Å². The maximum absolute atomic E-state index is 12.6. The lowest BCUT2D eigenvalue weighted by Gasteiger charge is -2.15. The molecule has 2 aromatic carbocycles. The molecule has 168 valence electrons. The largest absolute Gasteiger partial charge is 0.345 e. The predicted molar refractivity (Wildman–Crippen MR) is 122 cm³/mol. The maximum atomic E-state index is 12.6. The number of likely N-dealkylation sites (tertiary alicyclic amines) is 1. The van der Waals surface area contributed by atoms with Gasteiger partial charge in [0.25, 0.3) is 0 Å². The van der Waals surface area contributed by atoms with Crippen molar-refractivity contribution >= 4 is 17.5 Å². The minimum absolute atomic E-state index is 0.315. The molecule has 0 bridgehead atoms. The average Bonchev–Trinajstić information content (AvgIpc) is 3.09. The molecule has 3 rings (SSSR count). The van der Waals surface area contributed by atoms with Crippen LogP contribution in [0.1, 0.15) is 50.3 Å². The van der Waals surface area contributed by atoms with Gasteiger partial charge in [0.2, 0.25) is 5.91 Å². The summed E-state index contributed by atoms with van der Waals surface area (Å²) in [6, 6.07) is 11.6. The zero-order valence-electron chi connectivity index (χ0n) is 18.9. The average molecular weight is 449 g/mol. The number of carbonyl (C=O) groups excluding carboxylic acids is 1. The molecule has 0 spiro atoms. The van der Waals surface area contributed by atoms with E-state index in [1.807, 2.05) is 31.0 Å². The van der Waals surface area contributed by atoms with Gasteiger partial charge in [-0.25, -0.2) is 8.78 Å². The van der Waals surface area contributed by atoms with Crippen LogP contribution in [0.2, 0.25) is 5.02 Å². The summed E-state index contributed by atoms with van der Waals surface area (Å²) in [4.78, 5) is 13.0. The monoisotopic (exact) mass is 448 g/mol. The number of amides is 1. The number of carbonyl (C=O) groups is 1. The van der Waals surface area contributed by atoms with Crippen molar-refractivity contribution < 1.29 is 13.6 Å². The molecule has 1 heterocycles. The first-order valence-electron chi connectivity index (χ1n) is 10.5. The van der Waals surface area contributed by atoms with Crippen molar-refractivity contribution in [1.29, 1.82) is 5.26 Å². The van der Waals surface area contributed by atoms with Crippen molar-refractivity contribution in [3.05, 3.63) is 69.7 Å². The summed E-state index contributed by atoms with van der Waals surface area (Å²) in [7, 11) is 1.89. The molecule has 0 aliphatic carbocycles. The van der Waals surface area contributed by atoms with Gasteiger partial charge in [-0.05, 0) is 54.5 Å². The number of hydrogen-bond acceptors (Lipinski definition) is 2. The molecular weight excluding hydrogens is 418 g/mol. The van der Waals surface area contributed by atoms with E-state index in [2.05, 4.69) is 13.8 Å². The molecular formula is C25H31ClF2N2O. The molecule has 0 N–H and O–H groups in total. The summed E-state index contributed by atoms with van der Waals surface area (Å²) in [5.74, 6) is 0.140. The number of benzene rings is 2. The van der Waals surface area contributed by atoms with Crippen molar-refractivity contribution in [2.45, 2.75) is 47.0 Å². The second kappa shape index (κ2) is 13.1. The minimum Gasteiger partial charge on any atom is -0.345 e. The van der Waals surface area contributed by atoms with Gasteiger partial charge in [-0.1, -0.05) is 57.0 Å². The van der Waals surface area contributed by atoms with Crippen molar-refractivity contribution in [3.8, 4) is 6.07 Å². The van der Waals surface area contributed by atoms with Crippen LogP contribution in [0, 0.1) is 41.7 Å². The number of hydrogen-bond donors (Lipinski definition) is 0. The molecule has 1 amide bonds. The zero-order valence-corrected chi connectivity index (χ0v) is 19.6. The lowest BCUT2D eigenvalue weighted by atomic mass is 9.91. The molecule has 1 fully saturated rings. The van der Waals surface area contributed by atoms with Crippen LogP contribution in [0.5, 0.6) is 0 Å². The van der Waals surface area contributed by atoms with E-state index in [1.54, 1.807) is 25.1 Å². The summed E-state index contributed by atoms with van der Waals surface area (Å²) in [6.45, 7) is 9.11. The van der Waals surface area contributed by atoms with Crippen molar-refractivity contribution in [3.63, 3.8) is 0 Å². The van der Waals surface area contributed by atoms with Gasteiger partial charge >= 0.3 is 0 Å². The molecule has 3 nitrogen and oxygen atoms in total. The second-order valence-electron chi connectivity index (χ2n) is 7.79.